The Labute approximate surface area is 207 Å². The lowest BCUT2D eigenvalue weighted by Crippen LogP contribution is -2.33. The summed E-state index contributed by atoms with van der Waals surface area (Å²) in [6.45, 7) is 0. The number of aromatic nitrogens is 2. The minimum atomic E-state index is -5.33. The lowest BCUT2D eigenvalue weighted by atomic mass is 10.0. The molecule has 6 rings (SSSR count). The zero-order valence-electron chi connectivity index (χ0n) is 19.0. The van der Waals surface area contributed by atoms with Crippen LogP contribution in [0.5, 0.6) is 5.75 Å². The van der Waals surface area contributed by atoms with E-state index in [0.717, 1.165) is 26.4 Å². The molecule has 2 heterocycles. The third kappa shape index (κ3) is 3.41. The van der Waals surface area contributed by atoms with Crippen LogP contribution in [0.4, 0.5) is 13.2 Å². The second-order valence-corrected chi connectivity index (χ2v) is 8.60. The molecule has 0 saturated carbocycles. The number of nitrogens with zero attached hydrogens (tertiary/aromatic N) is 2. The predicted octanol–water partition coefficient (Wildman–Crippen LogP) is 6.54. The molecule has 5 nitrogen and oxygen atoms in total. The summed E-state index contributed by atoms with van der Waals surface area (Å²) < 4.78 is 43.1. The monoisotopic (exact) mass is 498 g/mol. The van der Waals surface area contributed by atoms with Crippen LogP contribution >= 0.6 is 0 Å². The minimum Gasteiger partial charge on any atom is -0.506 e. The van der Waals surface area contributed by atoms with Crippen molar-refractivity contribution in [2.24, 2.45) is 0 Å². The molecule has 0 spiro atoms. The zero-order chi connectivity index (χ0) is 25.9. The van der Waals surface area contributed by atoms with Crippen molar-refractivity contribution in [2.75, 3.05) is 0 Å². The topological polar surface area (TPSA) is 64.2 Å². The molecule has 8 heteroatoms. The first-order chi connectivity index (χ1) is 17.8. The van der Waals surface area contributed by atoms with E-state index in [-0.39, 0.29) is 16.6 Å². The summed E-state index contributed by atoms with van der Waals surface area (Å²) in [6.07, 6.45) is -5.33. The van der Waals surface area contributed by atoms with Crippen molar-refractivity contribution in [1.82, 2.24) is 9.13 Å². The average Bonchev–Trinajstić information content (AvgIpc) is 3.23. The first kappa shape index (κ1) is 22.6. The molecule has 6 aromatic rings. The number of carbonyl (C=O) groups is 1. The van der Waals surface area contributed by atoms with Gasteiger partial charge in [0.05, 0.1) is 16.6 Å². The highest BCUT2D eigenvalue weighted by Gasteiger charge is 2.43. The Morgan fingerprint density at radius 2 is 1.22 bits per heavy atom. The normalized spacial score (nSPS) is 12.0. The Morgan fingerprint density at radius 3 is 1.81 bits per heavy atom. The molecule has 0 unspecified atom stereocenters. The second-order valence-electron chi connectivity index (χ2n) is 8.60. The first-order valence-electron chi connectivity index (χ1n) is 11.3. The fourth-order valence-electron chi connectivity index (χ4n) is 4.88. The largest absolute Gasteiger partial charge is 0.506 e. The smallest absolute Gasteiger partial charge is 0.455 e. The highest BCUT2D eigenvalue weighted by atomic mass is 19.4. The van der Waals surface area contributed by atoms with Crippen LogP contribution in [0.15, 0.2) is 102 Å². The van der Waals surface area contributed by atoms with Crippen LogP contribution in [0.25, 0.3) is 44.1 Å². The van der Waals surface area contributed by atoms with Crippen LogP contribution in [0.2, 0.25) is 0 Å². The Bertz CT molecular complexity index is 1870. The maximum absolute atomic E-state index is 13.4. The van der Waals surface area contributed by atoms with Gasteiger partial charge in [0.15, 0.2) is 0 Å². The van der Waals surface area contributed by atoms with Crippen molar-refractivity contribution < 1.29 is 23.1 Å². The highest BCUT2D eigenvalue weighted by Crippen LogP contribution is 2.36. The summed E-state index contributed by atoms with van der Waals surface area (Å²) in [6, 6.07) is 28.3. The van der Waals surface area contributed by atoms with Gasteiger partial charge in [-0.25, -0.2) is 0 Å². The molecular formula is C29H17F3N2O3. The Morgan fingerprint density at radius 1 is 0.649 bits per heavy atom. The minimum absolute atomic E-state index is 0.0550. The summed E-state index contributed by atoms with van der Waals surface area (Å²) in [5.41, 5.74) is 0.268. The van der Waals surface area contributed by atoms with E-state index in [2.05, 4.69) is 0 Å². The van der Waals surface area contributed by atoms with Gasteiger partial charge < -0.3 is 9.67 Å². The number of carbonyl (C=O) groups excluding carboxylic acids is 1. The zero-order valence-corrected chi connectivity index (χ0v) is 19.0. The van der Waals surface area contributed by atoms with Crippen LogP contribution in [0.3, 0.4) is 0 Å². The van der Waals surface area contributed by atoms with E-state index in [1.165, 1.54) is 6.07 Å². The van der Waals surface area contributed by atoms with Crippen molar-refractivity contribution in [3.63, 3.8) is 0 Å². The number of halogens is 3. The summed E-state index contributed by atoms with van der Waals surface area (Å²) in [5.74, 6) is -3.39. The van der Waals surface area contributed by atoms with Crippen LogP contribution in [0, 0.1) is 0 Å². The number of ketones is 1. The Balaban J connectivity index is 1.74. The SMILES string of the molecule is O=C(c1c(O)c2ccc(-n3c4ccccc4c4ccccc43)cc2n(-c2ccccc2)c1=O)C(F)(F)F. The van der Waals surface area contributed by atoms with E-state index >= 15 is 0 Å². The molecule has 0 amide bonds. The number of benzene rings is 4. The number of hydrogen-bond acceptors (Lipinski definition) is 3. The maximum atomic E-state index is 13.4. The molecule has 4 aromatic carbocycles. The van der Waals surface area contributed by atoms with Crippen molar-refractivity contribution in [2.45, 2.75) is 6.18 Å². The molecular weight excluding hydrogens is 481 g/mol. The van der Waals surface area contributed by atoms with Gasteiger partial charge in [0.25, 0.3) is 11.3 Å². The van der Waals surface area contributed by atoms with Gasteiger partial charge in [-0.05, 0) is 42.5 Å². The predicted molar refractivity (Wildman–Crippen MR) is 136 cm³/mol. The molecule has 0 aliphatic heterocycles. The number of para-hydroxylation sites is 3. The summed E-state index contributed by atoms with van der Waals surface area (Å²) >= 11 is 0. The van der Waals surface area contributed by atoms with Gasteiger partial charge in [0.2, 0.25) is 0 Å². The molecule has 0 aliphatic rings. The number of aromatic hydroxyl groups is 1. The summed E-state index contributed by atoms with van der Waals surface area (Å²) in [7, 11) is 0. The fourth-order valence-corrected chi connectivity index (χ4v) is 4.88. The third-order valence-corrected chi connectivity index (χ3v) is 6.47. The molecule has 0 radical (unpaired) electrons. The fraction of sp³-hybridized carbons (Fsp3) is 0.0345. The quantitative estimate of drug-likeness (QED) is 0.282. The van der Waals surface area contributed by atoms with Gasteiger partial charge in [0.1, 0.15) is 11.3 Å². The Hall–Kier alpha value is -4.85. The average molecular weight is 498 g/mol. The van der Waals surface area contributed by atoms with Crippen LogP contribution < -0.4 is 5.56 Å². The van der Waals surface area contributed by atoms with E-state index in [1.807, 2.05) is 53.1 Å². The van der Waals surface area contributed by atoms with E-state index < -0.39 is 28.8 Å². The molecule has 2 aromatic heterocycles. The number of pyridine rings is 1. The number of fused-ring (bicyclic) bond motifs is 4. The summed E-state index contributed by atoms with van der Waals surface area (Å²) in [5, 5.41) is 12.7. The molecule has 0 atom stereocenters. The second kappa shape index (κ2) is 8.09. The third-order valence-electron chi connectivity index (χ3n) is 6.47. The highest BCUT2D eigenvalue weighted by molar-refractivity contribution is 6.10. The van der Waals surface area contributed by atoms with Crippen LogP contribution in [-0.4, -0.2) is 26.2 Å². The van der Waals surface area contributed by atoms with Gasteiger partial charge in [0, 0.05) is 27.5 Å². The molecule has 1 N–H and O–H groups in total. The van der Waals surface area contributed by atoms with E-state index in [0.29, 0.717) is 5.69 Å². The number of hydrogen-bond donors (Lipinski definition) is 1. The number of Topliss-reactive ketones (excluding diaryl/α,β-unsaturated/α-hetero) is 1. The summed E-state index contributed by atoms with van der Waals surface area (Å²) in [4.78, 5) is 25.6. The van der Waals surface area contributed by atoms with Gasteiger partial charge >= 0.3 is 6.18 Å². The maximum Gasteiger partial charge on any atom is 0.455 e. The molecule has 0 saturated heterocycles. The van der Waals surface area contributed by atoms with Gasteiger partial charge in [-0.1, -0.05) is 54.6 Å². The van der Waals surface area contributed by atoms with Gasteiger partial charge in [-0.2, -0.15) is 13.2 Å². The lowest BCUT2D eigenvalue weighted by molar-refractivity contribution is -0.0887. The Kier molecular flexibility index (Phi) is 4.94. The standard InChI is InChI=1S/C29H17F3N2O3/c30-29(31,32)27(36)25-26(35)21-15-14-18(16-24(21)34(28(25)37)17-8-2-1-3-9-17)33-22-12-6-4-10-19(22)20-11-5-7-13-23(20)33/h1-16,35H. The molecule has 0 aliphatic carbocycles. The van der Waals surface area contributed by atoms with Crippen molar-refractivity contribution in [1.29, 1.82) is 0 Å². The van der Waals surface area contributed by atoms with Crippen molar-refractivity contribution in [3.05, 3.63) is 113 Å². The van der Waals surface area contributed by atoms with E-state index in [9.17, 15) is 27.9 Å². The molecule has 37 heavy (non-hydrogen) atoms. The molecule has 0 bridgehead atoms. The van der Waals surface area contributed by atoms with Crippen molar-refractivity contribution in [3.8, 4) is 17.1 Å². The number of alkyl halides is 3. The van der Waals surface area contributed by atoms with Crippen LogP contribution in [-0.2, 0) is 0 Å². The van der Waals surface area contributed by atoms with Gasteiger partial charge in [-0.3, -0.25) is 14.2 Å². The van der Waals surface area contributed by atoms with Gasteiger partial charge in [-0.15, -0.1) is 0 Å². The molecule has 0 fully saturated rings. The first-order valence-corrected chi connectivity index (χ1v) is 11.3. The van der Waals surface area contributed by atoms with E-state index in [4.69, 9.17) is 0 Å². The molecule has 182 valence electrons. The van der Waals surface area contributed by atoms with E-state index in [1.54, 1.807) is 42.5 Å². The van der Waals surface area contributed by atoms with Crippen molar-refractivity contribution >= 4 is 38.5 Å². The van der Waals surface area contributed by atoms with Crippen LogP contribution in [0.1, 0.15) is 10.4 Å². The lowest BCUT2D eigenvalue weighted by Gasteiger charge is -2.17. The number of rotatable bonds is 3.